The molecule has 1 unspecified atom stereocenters. The third-order valence-electron chi connectivity index (χ3n) is 6.23. The van der Waals surface area contributed by atoms with Gasteiger partial charge in [0.05, 0.1) is 13.2 Å². The molecule has 1 aliphatic heterocycles. The number of hydrogen-bond acceptors (Lipinski definition) is 3. The summed E-state index contributed by atoms with van der Waals surface area (Å²) >= 11 is 0. The maximum Gasteiger partial charge on any atom is 0.323 e. The second-order valence-electron chi connectivity index (χ2n) is 7.82. The lowest BCUT2D eigenvalue weighted by molar-refractivity contribution is -0.153. The molecule has 0 spiro atoms. The normalized spacial score (nSPS) is 47.6. The van der Waals surface area contributed by atoms with Gasteiger partial charge in [0.2, 0.25) is 0 Å². The van der Waals surface area contributed by atoms with Crippen LogP contribution in [0.25, 0.3) is 0 Å². The Morgan fingerprint density at radius 3 is 2.30 bits per heavy atom. The van der Waals surface area contributed by atoms with E-state index in [1.54, 1.807) is 0 Å². The van der Waals surface area contributed by atoms with Crippen LogP contribution in [-0.2, 0) is 9.53 Å². The fraction of sp³-hybridized carbons (Fsp3) is 0.938. The molecule has 0 aromatic rings. The zero-order valence-corrected chi connectivity index (χ0v) is 12.1. The van der Waals surface area contributed by atoms with Crippen molar-refractivity contribution in [2.45, 2.75) is 44.6 Å². The summed E-state index contributed by atoms with van der Waals surface area (Å²) in [6.07, 6.45) is 8.40. The molecule has 5 fully saturated rings. The second-order valence-corrected chi connectivity index (χ2v) is 7.82. The number of rotatable bonds is 3. The summed E-state index contributed by atoms with van der Waals surface area (Å²) in [5.41, 5.74) is 0.430. The van der Waals surface area contributed by atoms with E-state index < -0.39 is 12.0 Å². The molecular formula is C16H25NO3. The predicted molar refractivity (Wildman–Crippen MR) is 74.4 cm³/mol. The van der Waals surface area contributed by atoms with Gasteiger partial charge in [-0.15, -0.1) is 0 Å². The number of ether oxygens (including phenoxy) is 1. The van der Waals surface area contributed by atoms with Gasteiger partial charge in [-0.05, 0) is 61.7 Å². The summed E-state index contributed by atoms with van der Waals surface area (Å²) in [6, 6.07) is -0.420. The Bertz CT molecular complexity index is 373. The van der Waals surface area contributed by atoms with Crippen LogP contribution in [0.3, 0.4) is 0 Å². The van der Waals surface area contributed by atoms with Crippen molar-refractivity contribution in [2.75, 3.05) is 26.3 Å². The first kappa shape index (κ1) is 13.1. The molecule has 0 aromatic carbocycles. The topological polar surface area (TPSA) is 49.8 Å². The standard InChI is InChI=1S/C16H25NO3/c18-15(19)14-9-20-2-1-17(14)10-16-6-11-3-12(7-16)5-13(4-11)8-16/h11-14H,1-10H2,(H,18,19). The zero-order chi connectivity index (χ0) is 13.7. The molecule has 4 nitrogen and oxygen atoms in total. The van der Waals surface area contributed by atoms with Crippen LogP contribution in [0.15, 0.2) is 0 Å². The van der Waals surface area contributed by atoms with E-state index in [-0.39, 0.29) is 0 Å². The number of morpholine rings is 1. The van der Waals surface area contributed by atoms with Crippen LogP contribution < -0.4 is 0 Å². The van der Waals surface area contributed by atoms with Gasteiger partial charge in [0, 0.05) is 13.1 Å². The van der Waals surface area contributed by atoms with E-state index in [0.717, 1.165) is 30.8 Å². The minimum atomic E-state index is -0.713. The summed E-state index contributed by atoms with van der Waals surface area (Å²) in [4.78, 5) is 13.6. The van der Waals surface area contributed by atoms with Crippen LogP contribution in [0.4, 0.5) is 0 Å². The Morgan fingerprint density at radius 2 is 1.75 bits per heavy atom. The highest BCUT2D eigenvalue weighted by Gasteiger charge is 2.52. The van der Waals surface area contributed by atoms with Crippen LogP contribution in [0.2, 0.25) is 0 Å². The lowest BCUT2D eigenvalue weighted by Crippen LogP contribution is -2.57. The van der Waals surface area contributed by atoms with Crippen molar-refractivity contribution in [1.29, 1.82) is 0 Å². The molecule has 0 amide bonds. The van der Waals surface area contributed by atoms with E-state index in [9.17, 15) is 9.90 Å². The first-order valence-corrected chi connectivity index (χ1v) is 8.18. The van der Waals surface area contributed by atoms with Crippen LogP contribution in [-0.4, -0.2) is 48.3 Å². The maximum absolute atomic E-state index is 11.4. The lowest BCUT2D eigenvalue weighted by atomic mass is 9.49. The van der Waals surface area contributed by atoms with E-state index in [1.807, 2.05) is 0 Å². The first-order chi connectivity index (χ1) is 9.63. The van der Waals surface area contributed by atoms with Crippen molar-refractivity contribution in [2.24, 2.45) is 23.2 Å². The summed E-state index contributed by atoms with van der Waals surface area (Å²) in [5.74, 6) is 2.09. The number of carbonyl (C=O) groups is 1. The molecule has 4 heteroatoms. The first-order valence-electron chi connectivity index (χ1n) is 8.18. The molecule has 1 heterocycles. The largest absolute Gasteiger partial charge is 0.480 e. The van der Waals surface area contributed by atoms with E-state index in [2.05, 4.69) is 4.90 Å². The highest BCUT2D eigenvalue weighted by Crippen LogP contribution is 2.60. The fourth-order valence-electron chi connectivity index (χ4n) is 5.97. The molecule has 1 N–H and O–H groups in total. The third kappa shape index (κ3) is 2.17. The lowest BCUT2D eigenvalue weighted by Gasteiger charge is -2.58. The maximum atomic E-state index is 11.4. The van der Waals surface area contributed by atoms with Gasteiger partial charge in [-0.3, -0.25) is 9.69 Å². The summed E-state index contributed by atoms with van der Waals surface area (Å²) in [5, 5.41) is 9.40. The molecule has 20 heavy (non-hydrogen) atoms. The molecule has 4 saturated carbocycles. The van der Waals surface area contributed by atoms with Crippen LogP contribution in [0.5, 0.6) is 0 Å². The van der Waals surface area contributed by atoms with E-state index in [0.29, 0.717) is 18.6 Å². The Balaban J connectivity index is 1.51. The second kappa shape index (κ2) is 4.70. The van der Waals surface area contributed by atoms with Gasteiger partial charge in [0.25, 0.3) is 0 Å². The molecule has 0 radical (unpaired) electrons. The molecule has 0 aromatic heterocycles. The van der Waals surface area contributed by atoms with Crippen molar-refractivity contribution in [3.05, 3.63) is 0 Å². The SMILES string of the molecule is O=C(O)C1COCCN1CC12CC3CC(CC(C3)C1)C2. The molecular weight excluding hydrogens is 254 g/mol. The third-order valence-corrected chi connectivity index (χ3v) is 6.23. The number of nitrogens with zero attached hydrogens (tertiary/aromatic N) is 1. The monoisotopic (exact) mass is 279 g/mol. The van der Waals surface area contributed by atoms with Crippen molar-refractivity contribution >= 4 is 5.97 Å². The molecule has 5 rings (SSSR count). The van der Waals surface area contributed by atoms with Crippen LogP contribution >= 0.6 is 0 Å². The summed E-state index contributed by atoms with van der Waals surface area (Å²) in [7, 11) is 0. The Labute approximate surface area is 120 Å². The van der Waals surface area contributed by atoms with Gasteiger partial charge >= 0.3 is 5.97 Å². The van der Waals surface area contributed by atoms with Gasteiger partial charge in [-0.1, -0.05) is 0 Å². The number of aliphatic carboxylic acids is 1. The van der Waals surface area contributed by atoms with Gasteiger partial charge < -0.3 is 9.84 Å². The summed E-state index contributed by atoms with van der Waals surface area (Å²) < 4.78 is 5.37. The average Bonchev–Trinajstić information content (AvgIpc) is 2.36. The minimum Gasteiger partial charge on any atom is -0.480 e. The molecule has 1 atom stereocenters. The zero-order valence-electron chi connectivity index (χ0n) is 12.1. The Hall–Kier alpha value is -0.610. The molecule has 5 aliphatic rings. The predicted octanol–water partition coefficient (Wildman–Crippen LogP) is 1.99. The van der Waals surface area contributed by atoms with Crippen molar-refractivity contribution in [3.8, 4) is 0 Å². The number of carboxylic acids is 1. The number of hydrogen-bond donors (Lipinski definition) is 1. The van der Waals surface area contributed by atoms with Crippen molar-refractivity contribution < 1.29 is 14.6 Å². The molecule has 112 valence electrons. The Morgan fingerprint density at radius 1 is 1.15 bits per heavy atom. The van der Waals surface area contributed by atoms with Gasteiger partial charge in [-0.2, -0.15) is 0 Å². The van der Waals surface area contributed by atoms with E-state index in [1.165, 1.54) is 38.5 Å². The van der Waals surface area contributed by atoms with E-state index in [4.69, 9.17) is 4.74 Å². The smallest absolute Gasteiger partial charge is 0.323 e. The van der Waals surface area contributed by atoms with Crippen molar-refractivity contribution in [1.82, 2.24) is 4.90 Å². The van der Waals surface area contributed by atoms with Gasteiger partial charge in [0.15, 0.2) is 0 Å². The minimum absolute atomic E-state index is 0.363. The Kier molecular flexibility index (Phi) is 3.08. The summed E-state index contributed by atoms with van der Waals surface area (Å²) in [6.45, 7) is 2.84. The molecule has 1 saturated heterocycles. The van der Waals surface area contributed by atoms with Gasteiger partial charge in [-0.25, -0.2) is 0 Å². The van der Waals surface area contributed by atoms with Crippen LogP contribution in [0, 0.1) is 23.2 Å². The van der Waals surface area contributed by atoms with E-state index >= 15 is 0 Å². The number of carboxylic acid groups (broad SMARTS) is 1. The quantitative estimate of drug-likeness (QED) is 0.858. The molecule has 4 bridgehead atoms. The van der Waals surface area contributed by atoms with Crippen LogP contribution in [0.1, 0.15) is 38.5 Å². The molecule has 4 aliphatic carbocycles. The van der Waals surface area contributed by atoms with Gasteiger partial charge in [0.1, 0.15) is 6.04 Å². The average molecular weight is 279 g/mol. The highest BCUT2D eigenvalue weighted by atomic mass is 16.5. The fourth-order valence-corrected chi connectivity index (χ4v) is 5.97. The van der Waals surface area contributed by atoms with Crippen molar-refractivity contribution in [3.63, 3.8) is 0 Å². The highest BCUT2D eigenvalue weighted by molar-refractivity contribution is 5.73.